The molecule has 12 heavy (non-hydrogen) atoms. The topological polar surface area (TPSA) is 41.3 Å². The summed E-state index contributed by atoms with van der Waals surface area (Å²) in [6, 6.07) is 2.57. The average Bonchev–Trinajstić information content (AvgIpc) is 2.34. The first kappa shape index (κ1) is 7.76. The van der Waals surface area contributed by atoms with Crippen LogP contribution in [0.25, 0.3) is 0 Å². The highest BCUT2D eigenvalue weighted by atomic mass is 16.5. The van der Waals surface area contributed by atoms with E-state index in [-0.39, 0.29) is 0 Å². The lowest BCUT2D eigenvalue weighted by atomic mass is 10.1. The zero-order valence-corrected chi connectivity index (χ0v) is 7.16. The number of hydrogen-bond donors (Lipinski definition) is 1. The van der Waals surface area contributed by atoms with Crippen LogP contribution in [-0.4, -0.2) is 36.2 Å². The Bertz CT molecular complexity index is 230. The lowest BCUT2D eigenvalue weighted by Gasteiger charge is -2.34. The van der Waals surface area contributed by atoms with E-state index in [0.29, 0.717) is 6.04 Å². The molecule has 0 bridgehead atoms. The van der Waals surface area contributed by atoms with E-state index in [4.69, 9.17) is 4.52 Å². The maximum atomic E-state index is 5.01. The third kappa shape index (κ3) is 1.49. The van der Waals surface area contributed by atoms with Crippen molar-refractivity contribution in [1.82, 2.24) is 15.4 Å². The van der Waals surface area contributed by atoms with Crippen LogP contribution >= 0.6 is 0 Å². The molecule has 2 rings (SSSR count). The van der Waals surface area contributed by atoms with Crippen molar-refractivity contribution in [2.45, 2.75) is 12.6 Å². The van der Waals surface area contributed by atoms with E-state index in [1.54, 1.807) is 6.20 Å². The molecule has 2 heterocycles. The van der Waals surface area contributed by atoms with Crippen molar-refractivity contribution in [2.75, 3.05) is 20.1 Å². The molecule has 0 aromatic carbocycles. The van der Waals surface area contributed by atoms with Gasteiger partial charge in [0.15, 0.2) is 5.76 Å². The quantitative estimate of drug-likeness (QED) is 0.692. The van der Waals surface area contributed by atoms with Crippen molar-refractivity contribution < 1.29 is 4.52 Å². The molecule has 1 N–H and O–H groups in total. The fraction of sp³-hybridized carbons (Fsp3) is 0.625. The van der Waals surface area contributed by atoms with Gasteiger partial charge in [-0.15, -0.1) is 0 Å². The molecule has 1 fully saturated rings. The van der Waals surface area contributed by atoms with Crippen LogP contribution in [0.15, 0.2) is 16.8 Å². The minimum Gasteiger partial charge on any atom is -0.360 e. The zero-order valence-electron chi connectivity index (χ0n) is 7.16. The number of aromatic nitrogens is 1. The normalized spacial score (nSPS) is 18.2. The average molecular weight is 167 g/mol. The van der Waals surface area contributed by atoms with Crippen LogP contribution in [0.3, 0.4) is 0 Å². The molecule has 1 aliphatic rings. The summed E-state index contributed by atoms with van der Waals surface area (Å²) in [4.78, 5) is 2.27. The first-order chi connectivity index (χ1) is 5.86. The number of hydrogen-bond acceptors (Lipinski definition) is 4. The van der Waals surface area contributed by atoms with Crippen molar-refractivity contribution in [3.63, 3.8) is 0 Å². The Hall–Kier alpha value is -0.870. The summed E-state index contributed by atoms with van der Waals surface area (Å²) in [6.07, 6.45) is 1.68. The smallest absolute Gasteiger partial charge is 0.150 e. The maximum absolute atomic E-state index is 5.01. The summed E-state index contributed by atoms with van der Waals surface area (Å²) in [5.74, 6) is 0.935. The summed E-state index contributed by atoms with van der Waals surface area (Å²) in [5, 5.41) is 6.89. The minimum absolute atomic E-state index is 0.662. The summed E-state index contributed by atoms with van der Waals surface area (Å²) in [7, 11) is 2.11. The molecule has 0 aliphatic carbocycles. The molecule has 1 aromatic rings. The summed E-state index contributed by atoms with van der Waals surface area (Å²) < 4.78 is 5.01. The van der Waals surface area contributed by atoms with Crippen LogP contribution in [0, 0.1) is 0 Å². The third-order valence-electron chi connectivity index (χ3n) is 2.28. The Kier molecular flexibility index (Phi) is 2.10. The molecule has 0 amide bonds. The van der Waals surface area contributed by atoms with E-state index in [2.05, 4.69) is 22.4 Å². The minimum atomic E-state index is 0.662. The SMILES string of the molecule is CN(Cc1ccno1)C1CNC1. The van der Waals surface area contributed by atoms with E-state index >= 15 is 0 Å². The molecule has 66 valence electrons. The number of rotatable bonds is 3. The summed E-state index contributed by atoms with van der Waals surface area (Å²) in [5.41, 5.74) is 0. The lowest BCUT2D eigenvalue weighted by molar-refractivity contribution is 0.157. The second-order valence-corrected chi connectivity index (χ2v) is 3.21. The highest BCUT2D eigenvalue weighted by Crippen LogP contribution is 2.07. The van der Waals surface area contributed by atoms with Gasteiger partial charge in [0.25, 0.3) is 0 Å². The highest BCUT2D eigenvalue weighted by molar-refractivity contribution is 4.94. The maximum Gasteiger partial charge on any atom is 0.150 e. The third-order valence-corrected chi connectivity index (χ3v) is 2.28. The number of nitrogens with one attached hydrogen (secondary N) is 1. The van der Waals surface area contributed by atoms with Crippen LogP contribution in [0.1, 0.15) is 5.76 Å². The Balaban J connectivity index is 1.86. The van der Waals surface area contributed by atoms with Gasteiger partial charge in [-0.1, -0.05) is 5.16 Å². The monoisotopic (exact) mass is 167 g/mol. The first-order valence-corrected chi connectivity index (χ1v) is 4.17. The van der Waals surface area contributed by atoms with Gasteiger partial charge in [0.05, 0.1) is 12.7 Å². The second kappa shape index (κ2) is 3.25. The summed E-state index contributed by atoms with van der Waals surface area (Å²) in [6.45, 7) is 3.03. The van der Waals surface area contributed by atoms with E-state index in [0.717, 1.165) is 25.4 Å². The highest BCUT2D eigenvalue weighted by Gasteiger charge is 2.21. The molecular formula is C8H13N3O. The fourth-order valence-electron chi connectivity index (χ4n) is 1.28. The molecule has 0 atom stereocenters. The molecule has 0 saturated carbocycles. The predicted molar refractivity (Wildman–Crippen MR) is 44.6 cm³/mol. The van der Waals surface area contributed by atoms with Crippen LogP contribution in [-0.2, 0) is 6.54 Å². The Morgan fingerprint density at radius 2 is 2.58 bits per heavy atom. The predicted octanol–water partition coefficient (Wildman–Crippen LogP) is 0.0782. The van der Waals surface area contributed by atoms with Gasteiger partial charge in [0, 0.05) is 25.2 Å². The molecule has 4 nitrogen and oxygen atoms in total. The van der Waals surface area contributed by atoms with Crippen molar-refractivity contribution >= 4 is 0 Å². The standard InChI is InChI=1S/C8H13N3O/c1-11(7-4-9-5-7)6-8-2-3-10-12-8/h2-3,7,9H,4-6H2,1H3. The molecule has 1 saturated heterocycles. The molecular weight excluding hydrogens is 154 g/mol. The van der Waals surface area contributed by atoms with Gasteiger partial charge in [-0.05, 0) is 7.05 Å². The molecule has 0 spiro atoms. The fourth-order valence-corrected chi connectivity index (χ4v) is 1.28. The molecule has 0 radical (unpaired) electrons. The van der Waals surface area contributed by atoms with E-state index in [1.807, 2.05) is 6.07 Å². The summed E-state index contributed by atoms with van der Waals surface area (Å²) >= 11 is 0. The van der Waals surface area contributed by atoms with Crippen LogP contribution in [0.2, 0.25) is 0 Å². The Morgan fingerprint density at radius 3 is 3.08 bits per heavy atom. The first-order valence-electron chi connectivity index (χ1n) is 4.17. The number of likely N-dealkylation sites (N-methyl/N-ethyl adjacent to an activating group) is 1. The van der Waals surface area contributed by atoms with E-state index < -0.39 is 0 Å². The van der Waals surface area contributed by atoms with Crippen LogP contribution in [0.5, 0.6) is 0 Å². The van der Waals surface area contributed by atoms with Crippen LogP contribution in [0.4, 0.5) is 0 Å². The zero-order chi connectivity index (χ0) is 8.39. The van der Waals surface area contributed by atoms with Crippen LogP contribution < -0.4 is 5.32 Å². The van der Waals surface area contributed by atoms with Gasteiger partial charge in [0.2, 0.25) is 0 Å². The Morgan fingerprint density at radius 1 is 1.75 bits per heavy atom. The Labute approximate surface area is 71.5 Å². The van der Waals surface area contributed by atoms with Crippen molar-refractivity contribution in [1.29, 1.82) is 0 Å². The van der Waals surface area contributed by atoms with E-state index in [1.165, 1.54) is 0 Å². The largest absolute Gasteiger partial charge is 0.360 e. The van der Waals surface area contributed by atoms with Gasteiger partial charge in [-0.3, -0.25) is 4.90 Å². The van der Waals surface area contributed by atoms with Crippen molar-refractivity contribution in [3.05, 3.63) is 18.0 Å². The lowest BCUT2D eigenvalue weighted by Crippen LogP contribution is -2.55. The van der Waals surface area contributed by atoms with Gasteiger partial charge in [-0.2, -0.15) is 0 Å². The molecule has 1 aromatic heterocycles. The second-order valence-electron chi connectivity index (χ2n) is 3.21. The van der Waals surface area contributed by atoms with E-state index in [9.17, 15) is 0 Å². The van der Waals surface area contributed by atoms with Crippen molar-refractivity contribution in [3.8, 4) is 0 Å². The van der Waals surface area contributed by atoms with Crippen molar-refractivity contribution in [2.24, 2.45) is 0 Å². The van der Waals surface area contributed by atoms with Gasteiger partial charge in [0.1, 0.15) is 0 Å². The molecule has 1 aliphatic heterocycles. The molecule has 0 unspecified atom stereocenters. The van der Waals surface area contributed by atoms with Gasteiger partial charge < -0.3 is 9.84 Å². The van der Waals surface area contributed by atoms with Gasteiger partial charge >= 0.3 is 0 Å². The van der Waals surface area contributed by atoms with Gasteiger partial charge in [-0.25, -0.2) is 0 Å². The molecule has 4 heteroatoms. The number of nitrogens with zero attached hydrogens (tertiary/aromatic N) is 2.